The van der Waals surface area contributed by atoms with Crippen molar-refractivity contribution in [1.29, 1.82) is 5.26 Å². The van der Waals surface area contributed by atoms with Gasteiger partial charge in [0.25, 0.3) is 5.69 Å². The van der Waals surface area contributed by atoms with E-state index >= 15 is 0 Å². The highest BCUT2D eigenvalue weighted by Gasteiger charge is 2.23. The Morgan fingerprint density at radius 3 is 2.59 bits per heavy atom. The number of halogens is 1. The van der Waals surface area contributed by atoms with Crippen LogP contribution in [0.25, 0.3) is 11.5 Å². The summed E-state index contributed by atoms with van der Waals surface area (Å²) in [5.41, 5.74) is 0.891. The van der Waals surface area contributed by atoms with Crippen LogP contribution in [-0.4, -0.2) is 35.4 Å². The Morgan fingerprint density at radius 2 is 1.97 bits per heavy atom. The Bertz CT molecular complexity index is 1060. The fourth-order valence-electron chi connectivity index (χ4n) is 2.92. The van der Waals surface area contributed by atoms with Crippen LogP contribution in [0.2, 0.25) is 0 Å². The Morgan fingerprint density at radius 1 is 1.28 bits per heavy atom. The summed E-state index contributed by atoms with van der Waals surface area (Å²) in [6, 6.07) is 14.0. The van der Waals surface area contributed by atoms with E-state index in [9.17, 15) is 19.8 Å². The predicted molar refractivity (Wildman–Crippen MR) is 105 cm³/mol. The van der Waals surface area contributed by atoms with E-state index in [-0.39, 0.29) is 40.6 Å². The Hall–Kier alpha value is -3.77. The zero-order valence-corrected chi connectivity index (χ0v) is 15.8. The maximum atomic E-state index is 13.2. The number of para-hydroxylation sites is 1. The number of anilines is 1. The van der Waals surface area contributed by atoms with E-state index in [0.29, 0.717) is 6.54 Å². The number of rotatable bonds is 7. The van der Waals surface area contributed by atoms with Gasteiger partial charge in [0.15, 0.2) is 0 Å². The molecule has 1 unspecified atom stereocenters. The molecule has 0 saturated heterocycles. The quantitative estimate of drug-likeness (QED) is 0.476. The third-order valence-electron chi connectivity index (χ3n) is 4.40. The number of aromatic nitrogens is 1. The predicted octanol–water partition coefficient (Wildman–Crippen LogP) is 3.98. The minimum Gasteiger partial charge on any atom is -0.419 e. The van der Waals surface area contributed by atoms with Crippen molar-refractivity contribution in [2.24, 2.45) is 0 Å². The molecule has 9 heteroatoms. The second-order valence-electron chi connectivity index (χ2n) is 6.49. The average molecular weight is 395 g/mol. The second-order valence-corrected chi connectivity index (χ2v) is 6.49. The number of benzene rings is 2. The minimum atomic E-state index is -0.532. The van der Waals surface area contributed by atoms with Gasteiger partial charge in [0.1, 0.15) is 17.4 Å². The zero-order valence-electron chi connectivity index (χ0n) is 15.8. The summed E-state index contributed by atoms with van der Waals surface area (Å²) in [4.78, 5) is 16.7. The number of nitro benzene ring substituents is 1. The monoisotopic (exact) mass is 395 g/mol. The highest BCUT2D eigenvalue weighted by Crippen LogP contribution is 2.32. The summed E-state index contributed by atoms with van der Waals surface area (Å²) in [7, 11) is 3.75. The van der Waals surface area contributed by atoms with Crippen molar-refractivity contribution in [3.8, 4) is 17.5 Å². The first-order chi connectivity index (χ1) is 13.9. The first-order valence-corrected chi connectivity index (χ1v) is 8.71. The summed E-state index contributed by atoms with van der Waals surface area (Å²) in [6.07, 6.45) is 0. The van der Waals surface area contributed by atoms with E-state index in [1.165, 1.54) is 24.3 Å². The molecule has 148 valence electrons. The highest BCUT2D eigenvalue weighted by molar-refractivity contribution is 5.68. The molecule has 2 aromatic carbocycles. The molecule has 1 atom stereocenters. The molecule has 29 heavy (non-hydrogen) atoms. The molecule has 0 radical (unpaired) electrons. The molecule has 3 rings (SSSR count). The Kier molecular flexibility index (Phi) is 5.85. The maximum Gasteiger partial charge on any atom is 0.282 e. The normalized spacial score (nSPS) is 11.8. The first-order valence-electron chi connectivity index (χ1n) is 8.71. The zero-order chi connectivity index (χ0) is 21.0. The number of nitriles is 1. The standard InChI is InChI=1S/C20H18FN5O3/c1-25(2)18(13-7-9-14(21)10-8-13)12-23-20-16(11-22)24-19(29-20)15-5-3-4-6-17(15)26(27)28/h3-10,18,23H,12H2,1-2H3. The number of hydrogen-bond donors (Lipinski definition) is 1. The maximum absolute atomic E-state index is 13.2. The van der Waals surface area contributed by atoms with Crippen LogP contribution in [0.3, 0.4) is 0 Å². The molecule has 0 saturated carbocycles. The lowest BCUT2D eigenvalue weighted by Crippen LogP contribution is -2.26. The molecule has 0 aliphatic rings. The molecule has 8 nitrogen and oxygen atoms in total. The van der Waals surface area contributed by atoms with E-state index in [4.69, 9.17) is 4.42 Å². The lowest BCUT2D eigenvalue weighted by atomic mass is 10.1. The molecule has 1 aromatic heterocycles. The van der Waals surface area contributed by atoms with Crippen molar-refractivity contribution in [3.63, 3.8) is 0 Å². The SMILES string of the molecule is CN(C)C(CNc1oc(-c2ccccc2[N+](=O)[O-])nc1C#N)c1ccc(F)cc1. The molecule has 0 spiro atoms. The van der Waals surface area contributed by atoms with E-state index in [2.05, 4.69) is 10.3 Å². The van der Waals surface area contributed by atoms with Gasteiger partial charge >= 0.3 is 0 Å². The third kappa shape index (κ3) is 4.39. The van der Waals surface area contributed by atoms with Crippen molar-refractivity contribution >= 4 is 11.6 Å². The number of oxazole rings is 1. The first kappa shape index (κ1) is 20.0. The third-order valence-corrected chi connectivity index (χ3v) is 4.40. The lowest BCUT2D eigenvalue weighted by Gasteiger charge is -2.25. The van der Waals surface area contributed by atoms with Crippen molar-refractivity contribution in [2.45, 2.75) is 6.04 Å². The Balaban J connectivity index is 1.87. The van der Waals surface area contributed by atoms with Crippen LogP contribution in [-0.2, 0) is 0 Å². The van der Waals surface area contributed by atoms with Crippen molar-refractivity contribution in [2.75, 3.05) is 26.0 Å². The number of likely N-dealkylation sites (N-methyl/N-ethyl adjacent to an activating group) is 1. The highest BCUT2D eigenvalue weighted by atomic mass is 19.1. The van der Waals surface area contributed by atoms with Gasteiger partial charge in [-0.3, -0.25) is 10.1 Å². The van der Waals surface area contributed by atoms with Crippen molar-refractivity contribution in [3.05, 3.63) is 75.7 Å². The lowest BCUT2D eigenvalue weighted by molar-refractivity contribution is -0.384. The van der Waals surface area contributed by atoms with Crippen molar-refractivity contribution < 1.29 is 13.7 Å². The molecule has 0 aliphatic carbocycles. The van der Waals surface area contributed by atoms with E-state index in [1.807, 2.05) is 25.1 Å². The van der Waals surface area contributed by atoms with E-state index < -0.39 is 4.92 Å². The number of hydrogen-bond acceptors (Lipinski definition) is 7. The van der Waals surface area contributed by atoms with Gasteiger partial charge in [0.2, 0.25) is 17.5 Å². The van der Waals surface area contributed by atoms with Gasteiger partial charge in [0, 0.05) is 12.6 Å². The van der Waals surface area contributed by atoms with E-state index in [1.54, 1.807) is 24.3 Å². The summed E-state index contributed by atoms with van der Waals surface area (Å²) < 4.78 is 18.9. The van der Waals surface area contributed by atoms with Gasteiger partial charge < -0.3 is 14.6 Å². The van der Waals surface area contributed by atoms with Gasteiger partial charge in [-0.05, 0) is 37.9 Å². The molecule has 0 bridgehead atoms. The molecule has 0 amide bonds. The van der Waals surface area contributed by atoms with Crippen molar-refractivity contribution in [1.82, 2.24) is 9.88 Å². The van der Waals surface area contributed by atoms with Gasteiger partial charge in [-0.15, -0.1) is 0 Å². The fraction of sp³-hybridized carbons (Fsp3) is 0.200. The van der Waals surface area contributed by atoms with Crippen LogP contribution in [0.4, 0.5) is 16.0 Å². The smallest absolute Gasteiger partial charge is 0.282 e. The van der Waals surface area contributed by atoms with Crippen LogP contribution in [0, 0.1) is 27.3 Å². The van der Waals surface area contributed by atoms with Crippen LogP contribution in [0.15, 0.2) is 52.9 Å². The van der Waals surface area contributed by atoms with Crippen LogP contribution >= 0.6 is 0 Å². The summed E-state index contributed by atoms with van der Waals surface area (Å²) in [6.45, 7) is 0.346. The van der Waals surface area contributed by atoms with Crippen LogP contribution in [0.1, 0.15) is 17.3 Å². The van der Waals surface area contributed by atoms with Gasteiger partial charge in [0.05, 0.1) is 11.0 Å². The molecule has 0 fully saturated rings. The van der Waals surface area contributed by atoms with Crippen LogP contribution in [0.5, 0.6) is 0 Å². The summed E-state index contributed by atoms with van der Waals surface area (Å²) in [5.74, 6) is -0.218. The van der Waals surface area contributed by atoms with Gasteiger partial charge in [-0.1, -0.05) is 24.3 Å². The molecular weight excluding hydrogens is 377 g/mol. The Labute approximate surface area is 166 Å². The molecule has 1 heterocycles. The summed E-state index contributed by atoms with van der Waals surface area (Å²) in [5, 5.41) is 23.7. The number of nitro groups is 1. The van der Waals surface area contributed by atoms with Crippen LogP contribution < -0.4 is 5.32 Å². The molecule has 1 N–H and O–H groups in total. The topological polar surface area (TPSA) is 108 Å². The van der Waals surface area contributed by atoms with Gasteiger partial charge in [-0.2, -0.15) is 10.2 Å². The summed E-state index contributed by atoms with van der Waals surface area (Å²) >= 11 is 0. The fourth-order valence-corrected chi connectivity index (χ4v) is 2.92. The van der Waals surface area contributed by atoms with Gasteiger partial charge in [-0.25, -0.2) is 4.39 Å². The van der Waals surface area contributed by atoms with E-state index in [0.717, 1.165) is 5.56 Å². The number of nitrogens with one attached hydrogen (secondary N) is 1. The molecule has 0 aliphatic heterocycles. The molecular formula is C20H18FN5O3. The minimum absolute atomic E-state index is 0.00485. The average Bonchev–Trinajstić information content (AvgIpc) is 3.12. The number of nitrogens with zero attached hydrogens (tertiary/aromatic N) is 4. The molecule has 3 aromatic rings. The largest absolute Gasteiger partial charge is 0.419 e. The second kappa shape index (κ2) is 8.50.